The van der Waals surface area contributed by atoms with Crippen LogP contribution >= 0.6 is 0 Å². The van der Waals surface area contributed by atoms with Crippen LogP contribution in [0.15, 0.2) is 24.5 Å². The molecule has 0 radical (unpaired) electrons. The second-order valence-electron chi connectivity index (χ2n) is 5.18. The van der Waals surface area contributed by atoms with Crippen LogP contribution in [0.3, 0.4) is 0 Å². The Balaban J connectivity index is 1.82. The van der Waals surface area contributed by atoms with Gasteiger partial charge in [0.25, 0.3) is 0 Å². The van der Waals surface area contributed by atoms with Gasteiger partial charge in [0.15, 0.2) is 0 Å². The topological polar surface area (TPSA) is 63.3 Å². The zero-order valence-electron chi connectivity index (χ0n) is 12.4. The number of benzene rings is 1. The van der Waals surface area contributed by atoms with E-state index in [1.807, 2.05) is 12.1 Å². The lowest BCUT2D eigenvalue weighted by molar-refractivity contribution is -0.0159. The molecule has 6 heteroatoms. The number of morpholine rings is 1. The van der Waals surface area contributed by atoms with Crippen molar-refractivity contribution in [3.8, 4) is 5.75 Å². The fourth-order valence-electron chi connectivity index (χ4n) is 2.73. The number of H-pyrrole nitrogens is 1. The fourth-order valence-corrected chi connectivity index (χ4v) is 2.73. The van der Waals surface area contributed by atoms with Crippen molar-refractivity contribution in [2.75, 3.05) is 26.9 Å². The summed E-state index contributed by atoms with van der Waals surface area (Å²) in [7, 11) is 1.71. The van der Waals surface area contributed by atoms with Gasteiger partial charge in [0.1, 0.15) is 17.9 Å². The molecule has 1 aliphatic rings. The third-order valence-electron chi connectivity index (χ3n) is 3.98. The summed E-state index contributed by atoms with van der Waals surface area (Å²) in [6.07, 6.45) is 1.54. The van der Waals surface area contributed by atoms with Gasteiger partial charge in [0, 0.05) is 13.1 Å². The van der Waals surface area contributed by atoms with E-state index >= 15 is 0 Å². The van der Waals surface area contributed by atoms with Crippen LogP contribution in [0.2, 0.25) is 0 Å². The van der Waals surface area contributed by atoms with Crippen molar-refractivity contribution in [3.63, 3.8) is 0 Å². The molecule has 6 nitrogen and oxygen atoms in total. The van der Waals surface area contributed by atoms with Crippen molar-refractivity contribution < 1.29 is 9.47 Å². The number of nitrogens with zero attached hydrogens (tertiary/aromatic N) is 3. The van der Waals surface area contributed by atoms with Gasteiger partial charge in [-0.2, -0.15) is 5.10 Å². The first-order valence-corrected chi connectivity index (χ1v) is 7.09. The van der Waals surface area contributed by atoms with Crippen LogP contribution in [0.4, 0.5) is 0 Å². The summed E-state index contributed by atoms with van der Waals surface area (Å²) < 4.78 is 11.0. The highest BCUT2D eigenvalue weighted by Gasteiger charge is 2.27. The average molecular weight is 288 g/mol. The molecular weight excluding hydrogens is 268 g/mol. The molecule has 0 amide bonds. The number of methoxy groups -OCH3 is 1. The molecule has 0 saturated carbocycles. The van der Waals surface area contributed by atoms with E-state index in [0.717, 1.165) is 31.3 Å². The lowest BCUT2D eigenvalue weighted by atomic mass is 10.1. The normalized spacial score (nSPS) is 19.6. The average Bonchev–Trinajstić information content (AvgIpc) is 3.04. The van der Waals surface area contributed by atoms with Crippen LogP contribution in [0.25, 0.3) is 0 Å². The van der Waals surface area contributed by atoms with Gasteiger partial charge in [-0.3, -0.25) is 10.00 Å². The molecule has 1 saturated heterocycles. The minimum absolute atomic E-state index is 0.117. The molecule has 1 aliphatic heterocycles. The maximum atomic E-state index is 5.59. The van der Waals surface area contributed by atoms with Crippen LogP contribution in [-0.4, -0.2) is 46.9 Å². The van der Waals surface area contributed by atoms with Gasteiger partial charge < -0.3 is 9.47 Å². The summed E-state index contributed by atoms with van der Waals surface area (Å²) in [4.78, 5) is 6.64. The predicted octanol–water partition coefficient (Wildman–Crippen LogP) is 1.70. The highest BCUT2D eigenvalue weighted by Crippen LogP contribution is 2.27. The van der Waals surface area contributed by atoms with Crippen molar-refractivity contribution in [2.24, 2.45) is 0 Å². The van der Waals surface area contributed by atoms with E-state index in [1.165, 1.54) is 11.1 Å². The molecule has 1 aromatic carbocycles. The lowest BCUT2D eigenvalue weighted by Crippen LogP contribution is -2.39. The van der Waals surface area contributed by atoms with E-state index in [9.17, 15) is 0 Å². The van der Waals surface area contributed by atoms with E-state index in [0.29, 0.717) is 6.61 Å². The quantitative estimate of drug-likeness (QED) is 0.927. The molecule has 1 fully saturated rings. The van der Waals surface area contributed by atoms with Crippen molar-refractivity contribution in [1.82, 2.24) is 20.1 Å². The monoisotopic (exact) mass is 288 g/mol. The van der Waals surface area contributed by atoms with E-state index in [1.54, 1.807) is 13.4 Å². The summed E-state index contributed by atoms with van der Waals surface area (Å²) in [5, 5.41) is 6.90. The highest BCUT2D eigenvalue weighted by molar-refractivity contribution is 5.39. The van der Waals surface area contributed by atoms with Crippen LogP contribution in [-0.2, 0) is 11.3 Å². The summed E-state index contributed by atoms with van der Waals surface area (Å²) in [5.74, 6) is 1.78. The predicted molar refractivity (Wildman–Crippen MR) is 78.1 cm³/mol. The first-order chi connectivity index (χ1) is 10.3. The molecule has 112 valence electrons. The molecule has 0 aliphatic carbocycles. The van der Waals surface area contributed by atoms with E-state index < -0.39 is 0 Å². The zero-order valence-corrected chi connectivity index (χ0v) is 12.4. The Hall–Kier alpha value is -1.92. The Morgan fingerprint density at radius 3 is 3.14 bits per heavy atom. The Bertz CT molecular complexity index is 585. The lowest BCUT2D eigenvalue weighted by Gasteiger charge is -2.34. The second kappa shape index (κ2) is 6.24. The van der Waals surface area contributed by atoms with Crippen molar-refractivity contribution in [3.05, 3.63) is 41.5 Å². The van der Waals surface area contributed by atoms with Gasteiger partial charge in [-0.25, -0.2) is 4.98 Å². The van der Waals surface area contributed by atoms with Gasteiger partial charge in [-0.05, 0) is 24.1 Å². The smallest absolute Gasteiger partial charge is 0.143 e. The van der Waals surface area contributed by atoms with Gasteiger partial charge in [0.2, 0.25) is 0 Å². The number of aromatic amines is 1. The summed E-state index contributed by atoms with van der Waals surface area (Å²) >= 11 is 0. The van der Waals surface area contributed by atoms with E-state index in [2.05, 4.69) is 33.1 Å². The molecular formula is C15H20N4O2. The molecule has 3 rings (SSSR count). The molecule has 1 N–H and O–H groups in total. The number of hydrogen-bond acceptors (Lipinski definition) is 5. The van der Waals surface area contributed by atoms with Gasteiger partial charge in [0.05, 0.1) is 26.4 Å². The van der Waals surface area contributed by atoms with Crippen molar-refractivity contribution in [1.29, 1.82) is 0 Å². The summed E-state index contributed by atoms with van der Waals surface area (Å²) in [6, 6.07) is 6.29. The van der Waals surface area contributed by atoms with Crippen LogP contribution in [0.5, 0.6) is 5.75 Å². The maximum Gasteiger partial charge on any atom is 0.143 e. The van der Waals surface area contributed by atoms with Gasteiger partial charge in [-0.1, -0.05) is 12.1 Å². The number of hydrogen-bond donors (Lipinski definition) is 1. The van der Waals surface area contributed by atoms with Crippen molar-refractivity contribution >= 4 is 0 Å². The number of rotatable bonds is 4. The van der Waals surface area contributed by atoms with E-state index in [4.69, 9.17) is 9.47 Å². The zero-order chi connectivity index (χ0) is 14.7. The van der Waals surface area contributed by atoms with Crippen LogP contribution in [0.1, 0.15) is 23.0 Å². The van der Waals surface area contributed by atoms with E-state index in [-0.39, 0.29) is 6.04 Å². The molecule has 0 bridgehead atoms. The molecule has 1 unspecified atom stereocenters. The second-order valence-corrected chi connectivity index (χ2v) is 5.18. The SMILES string of the molecule is COc1cccc(CN2CCOCC2c2ncn[nH]2)c1C. The third-order valence-corrected chi connectivity index (χ3v) is 3.98. The first-order valence-electron chi connectivity index (χ1n) is 7.09. The maximum absolute atomic E-state index is 5.59. The summed E-state index contributed by atoms with van der Waals surface area (Å²) in [6.45, 7) is 5.20. The molecule has 2 heterocycles. The Labute approximate surface area is 124 Å². The Morgan fingerprint density at radius 2 is 2.38 bits per heavy atom. The molecule has 1 atom stereocenters. The molecule has 1 aromatic heterocycles. The standard InChI is InChI=1S/C15H20N4O2/c1-11-12(4-3-5-14(11)20-2)8-19-6-7-21-9-13(19)15-16-10-17-18-15/h3-5,10,13H,6-9H2,1-2H3,(H,16,17,18). The number of nitrogens with one attached hydrogen (secondary N) is 1. The third kappa shape index (κ3) is 2.91. The minimum atomic E-state index is 0.117. The first kappa shape index (κ1) is 14.0. The highest BCUT2D eigenvalue weighted by atomic mass is 16.5. The van der Waals surface area contributed by atoms with Crippen molar-refractivity contribution in [2.45, 2.75) is 19.5 Å². The number of ether oxygens (including phenoxy) is 2. The van der Waals surface area contributed by atoms with Crippen LogP contribution in [0, 0.1) is 6.92 Å². The minimum Gasteiger partial charge on any atom is -0.496 e. The molecule has 2 aromatic rings. The van der Waals surface area contributed by atoms with Gasteiger partial charge >= 0.3 is 0 Å². The van der Waals surface area contributed by atoms with Gasteiger partial charge in [-0.15, -0.1) is 0 Å². The Morgan fingerprint density at radius 1 is 1.48 bits per heavy atom. The number of aromatic nitrogens is 3. The summed E-state index contributed by atoms with van der Waals surface area (Å²) in [5.41, 5.74) is 2.45. The molecule has 21 heavy (non-hydrogen) atoms. The molecule has 0 spiro atoms. The fraction of sp³-hybridized carbons (Fsp3) is 0.467. The van der Waals surface area contributed by atoms with Crippen LogP contribution < -0.4 is 4.74 Å². The largest absolute Gasteiger partial charge is 0.496 e. The Kier molecular flexibility index (Phi) is 4.17.